The fourth-order valence-corrected chi connectivity index (χ4v) is 1.92. The molecule has 0 spiro atoms. The maximum absolute atomic E-state index is 10.9. The van der Waals surface area contributed by atoms with Gasteiger partial charge in [-0.25, -0.2) is 0 Å². The van der Waals surface area contributed by atoms with Gasteiger partial charge >= 0.3 is 5.97 Å². The first-order chi connectivity index (χ1) is 8.95. The molecule has 0 bridgehead atoms. The minimum Gasteiger partial charge on any atom is -0.493 e. The number of benzene rings is 1. The number of carboxylic acids is 1. The lowest BCUT2D eigenvalue weighted by Gasteiger charge is -2.16. The molecule has 0 heterocycles. The Bertz CT molecular complexity index is 429. The predicted molar refractivity (Wildman–Crippen MR) is 75.9 cm³/mol. The van der Waals surface area contributed by atoms with E-state index in [1.807, 2.05) is 13.0 Å². The van der Waals surface area contributed by atoms with Gasteiger partial charge in [-0.3, -0.25) is 4.79 Å². The van der Waals surface area contributed by atoms with Gasteiger partial charge in [0.05, 0.1) is 6.61 Å². The number of rotatable bonds is 7. The van der Waals surface area contributed by atoms with E-state index in [2.05, 4.69) is 31.3 Å². The zero-order valence-electron chi connectivity index (χ0n) is 12.1. The number of aryl methyl sites for hydroxylation is 1. The molecule has 1 atom stereocenters. The second kappa shape index (κ2) is 7.14. The van der Waals surface area contributed by atoms with Gasteiger partial charge in [0.1, 0.15) is 11.8 Å². The third-order valence-corrected chi connectivity index (χ3v) is 3.10. The molecular formula is C15H23NO3. The summed E-state index contributed by atoms with van der Waals surface area (Å²) in [6.07, 6.45) is 0.442. The summed E-state index contributed by atoms with van der Waals surface area (Å²) in [6.45, 7) is 6.64. The highest BCUT2D eigenvalue weighted by Gasteiger charge is 2.15. The van der Waals surface area contributed by atoms with Crippen LogP contribution in [0.1, 0.15) is 37.3 Å². The third kappa shape index (κ3) is 4.56. The van der Waals surface area contributed by atoms with Crippen molar-refractivity contribution in [1.82, 2.24) is 5.32 Å². The van der Waals surface area contributed by atoms with Crippen molar-refractivity contribution < 1.29 is 14.6 Å². The summed E-state index contributed by atoms with van der Waals surface area (Å²) < 4.78 is 5.76. The molecule has 4 heteroatoms. The van der Waals surface area contributed by atoms with E-state index in [0.717, 1.165) is 16.9 Å². The summed E-state index contributed by atoms with van der Waals surface area (Å²) in [6, 6.07) is 5.58. The van der Waals surface area contributed by atoms with E-state index >= 15 is 0 Å². The first-order valence-corrected chi connectivity index (χ1v) is 6.59. The molecule has 0 saturated carbocycles. The summed E-state index contributed by atoms with van der Waals surface area (Å²) in [7, 11) is 1.64. The van der Waals surface area contributed by atoms with Crippen LogP contribution in [-0.4, -0.2) is 30.8 Å². The fraction of sp³-hybridized carbons (Fsp3) is 0.533. The number of likely N-dealkylation sites (N-methyl/N-ethyl adjacent to an activating group) is 1. The lowest BCUT2D eigenvalue weighted by Crippen LogP contribution is -2.35. The van der Waals surface area contributed by atoms with Crippen molar-refractivity contribution in [3.05, 3.63) is 29.3 Å². The van der Waals surface area contributed by atoms with Crippen molar-refractivity contribution in [2.45, 2.75) is 39.2 Å². The van der Waals surface area contributed by atoms with Crippen LogP contribution in [0.4, 0.5) is 0 Å². The van der Waals surface area contributed by atoms with Gasteiger partial charge in [-0.2, -0.15) is 0 Å². The molecule has 0 aliphatic heterocycles. The minimum atomic E-state index is -0.848. The molecule has 4 nitrogen and oxygen atoms in total. The van der Waals surface area contributed by atoms with Crippen LogP contribution in [0.25, 0.3) is 0 Å². The first-order valence-electron chi connectivity index (χ1n) is 6.59. The van der Waals surface area contributed by atoms with E-state index in [1.54, 1.807) is 7.05 Å². The Morgan fingerprint density at radius 1 is 1.42 bits per heavy atom. The standard InChI is InChI=1S/C15H23NO3/c1-10(2)12-6-5-11(3)9-14(12)19-8-7-13(16-4)15(17)18/h5-6,9-10,13,16H,7-8H2,1-4H3,(H,17,18). The number of hydrogen-bond acceptors (Lipinski definition) is 3. The average Bonchev–Trinajstić information content (AvgIpc) is 2.33. The van der Waals surface area contributed by atoms with Gasteiger partial charge in [0.25, 0.3) is 0 Å². The normalized spacial score (nSPS) is 12.5. The molecule has 1 aromatic carbocycles. The Labute approximate surface area is 114 Å². The van der Waals surface area contributed by atoms with Crippen LogP contribution in [0.15, 0.2) is 18.2 Å². The van der Waals surface area contributed by atoms with Crippen LogP contribution in [0.3, 0.4) is 0 Å². The topological polar surface area (TPSA) is 58.6 Å². The van der Waals surface area contributed by atoms with Crippen molar-refractivity contribution in [3.8, 4) is 5.75 Å². The van der Waals surface area contributed by atoms with Gasteiger partial charge < -0.3 is 15.2 Å². The van der Waals surface area contributed by atoms with Crippen molar-refractivity contribution >= 4 is 5.97 Å². The quantitative estimate of drug-likeness (QED) is 0.795. The molecule has 0 fully saturated rings. The lowest BCUT2D eigenvalue weighted by molar-refractivity contribution is -0.139. The van der Waals surface area contributed by atoms with Crippen molar-refractivity contribution in [2.75, 3.05) is 13.7 Å². The van der Waals surface area contributed by atoms with Crippen LogP contribution in [0.5, 0.6) is 5.75 Å². The molecule has 1 rings (SSSR count). The van der Waals surface area contributed by atoms with E-state index in [1.165, 1.54) is 0 Å². The zero-order chi connectivity index (χ0) is 14.4. The summed E-state index contributed by atoms with van der Waals surface area (Å²) in [5, 5.41) is 11.7. The van der Waals surface area contributed by atoms with E-state index < -0.39 is 12.0 Å². The molecule has 0 radical (unpaired) electrons. The number of carbonyl (C=O) groups is 1. The Balaban J connectivity index is 2.66. The molecule has 0 aliphatic carbocycles. The van der Waals surface area contributed by atoms with E-state index in [4.69, 9.17) is 9.84 Å². The Hall–Kier alpha value is -1.55. The van der Waals surface area contributed by atoms with Crippen LogP contribution in [0, 0.1) is 6.92 Å². The molecule has 0 saturated heterocycles. The number of nitrogens with one attached hydrogen (secondary N) is 1. The monoisotopic (exact) mass is 265 g/mol. The van der Waals surface area contributed by atoms with E-state index in [0.29, 0.717) is 18.9 Å². The number of carboxylic acid groups (broad SMARTS) is 1. The highest BCUT2D eigenvalue weighted by molar-refractivity contribution is 5.73. The van der Waals surface area contributed by atoms with Crippen molar-refractivity contribution in [3.63, 3.8) is 0 Å². The summed E-state index contributed by atoms with van der Waals surface area (Å²) >= 11 is 0. The average molecular weight is 265 g/mol. The molecule has 2 N–H and O–H groups in total. The highest BCUT2D eigenvalue weighted by Crippen LogP contribution is 2.27. The summed E-state index contributed by atoms with van der Waals surface area (Å²) in [5.41, 5.74) is 2.30. The molecule has 0 amide bonds. The predicted octanol–water partition coefficient (Wildman–Crippen LogP) is 2.56. The van der Waals surface area contributed by atoms with Gasteiger partial charge in [-0.1, -0.05) is 26.0 Å². The van der Waals surface area contributed by atoms with Gasteiger partial charge in [-0.15, -0.1) is 0 Å². The largest absolute Gasteiger partial charge is 0.493 e. The maximum Gasteiger partial charge on any atom is 0.320 e. The van der Waals surface area contributed by atoms with Crippen LogP contribution >= 0.6 is 0 Å². The molecule has 106 valence electrons. The minimum absolute atomic E-state index is 0.384. The SMILES string of the molecule is CNC(CCOc1cc(C)ccc1C(C)C)C(=O)O. The molecule has 0 aromatic heterocycles. The second-order valence-corrected chi connectivity index (χ2v) is 5.01. The molecule has 19 heavy (non-hydrogen) atoms. The third-order valence-electron chi connectivity index (χ3n) is 3.10. The van der Waals surface area contributed by atoms with Crippen LogP contribution in [0.2, 0.25) is 0 Å². The Morgan fingerprint density at radius 2 is 2.11 bits per heavy atom. The van der Waals surface area contributed by atoms with Crippen molar-refractivity contribution in [1.29, 1.82) is 0 Å². The summed E-state index contributed by atoms with van der Waals surface area (Å²) in [4.78, 5) is 10.9. The smallest absolute Gasteiger partial charge is 0.320 e. The van der Waals surface area contributed by atoms with Gasteiger partial charge in [-0.05, 0) is 37.1 Å². The molecule has 1 unspecified atom stereocenters. The van der Waals surface area contributed by atoms with Crippen LogP contribution in [-0.2, 0) is 4.79 Å². The number of ether oxygens (including phenoxy) is 1. The Morgan fingerprint density at radius 3 is 2.63 bits per heavy atom. The number of aliphatic carboxylic acids is 1. The molecular weight excluding hydrogens is 242 g/mol. The highest BCUT2D eigenvalue weighted by atomic mass is 16.5. The Kier molecular flexibility index (Phi) is 5.83. The summed E-state index contributed by atoms with van der Waals surface area (Å²) in [5.74, 6) is 0.393. The van der Waals surface area contributed by atoms with Crippen LogP contribution < -0.4 is 10.1 Å². The van der Waals surface area contributed by atoms with Gasteiger partial charge in [0.15, 0.2) is 0 Å². The van der Waals surface area contributed by atoms with E-state index in [-0.39, 0.29) is 0 Å². The fourth-order valence-electron chi connectivity index (χ4n) is 1.92. The molecule has 0 aliphatic rings. The number of hydrogen-bond donors (Lipinski definition) is 2. The molecule has 1 aromatic rings. The lowest BCUT2D eigenvalue weighted by atomic mass is 10.0. The zero-order valence-corrected chi connectivity index (χ0v) is 12.1. The van der Waals surface area contributed by atoms with Gasteiger partial charge in [0.2, 0.25) is 0 Å². The first kappa shape index (κ1) is 15.5. The van der Waals surface area contributed by atoms with Gasteiger partial charge in [0, 0.05) is 6.42 Å². The maximum atomic E-state index is 10.9. The van der Waals surface area contributed by atoms with E-state index in [9.17, 15) is 4.79 Å². The van der Waals surface area contributed by atoms with Crippen molar-refractivity contribution in [2.24, 2.45) is 0 Å². The second-order valence-electron chi connectivity index (χ2n) is 5.01.